The summed E-state index contributed by atoms with van der Waals surface area (Å²) in [5.41, 5.74) is 1.68. The lowest BCUT2D eigenvalue weighted by Crippen LogP contribution is -2.40. The second kappa shape index (κ2) is 9.26. The molecule has 6 heteroatoms. The van der Waals surface area contributed by atoms with Crippen LogP contribution >= 0.6 is 0 Å². The molecule has 2 aromatic carbocycles. The van der Waals surface area contributed by atoms with E-state index in [2.05, 4.69) is 16.0 Å². The molecule has 0 aliphatic carbocycles. The minimum atomic E-state index is -0.290. The van der Waals surface area contributed by atoms with Crippen LogP contribution < -0.4 is 20.7 Å². The van der Waals surface area contributed by atoms with Gasteiger partial charge in [0.2, 0.25) is 5.91 Å². The van der Waals surface area contributed by atoms with E-state index in [1.807, 2.05) is 52.8 Å². The number of ether oxygens (including phenoxy) is 1. The van der Waals surface area contributed by atoms with Crippen molar-refractivity contribution in [2.45, 2.75) is 46.3 Å². The van der Waals surface area contributed by atoms with Gasteiger partial charge in [0.1, 0.15) is 5.75 Å². The summed E-state index contributed by atoms with van der Waals surface area (Å²) in [6.45, 7) is 9.78. The maximum Gasteiger partial charge on any atom is 0.251 e. The molecule has 0 radical (unpaired) electrons. The zero-order valence-corrected chi connectivity index (χ0v) is 17.1. The van der Waals surface area contributed by atoms with Gasteiger partial charge in [-0.2, -0.15) is 0 Å². The molecular formula is C22H29N3O3. The molecular weight excluding hydrogens is 354 g/mol. The molecule has 0 fully saturated rings. The molecule has 0 atom stereocenters. The summed E-state index contributed by atoms with van der Waals surface area (Å²) in [5, 5.41) is 8.82. The van der Waals surface area contributed by atoms with Crippen molar-refractivity contribution in [3.63, 3.8) is 0 Å². The zero-order chi connectivity index (χ0) is 20.7. The van der Waals surface area contributed by atoms with Gasteiger partial charge in [-0.1, -0.05) is 12.1 Å². The average molecular weight is 383 g/mol. The van der Waals surface area contributed by atoms with Gasteiger partial charge in [0.25, 0.3) is 5.91 Å². The Morgan fingerprint density at radius 3 is 2.25 bits per heavy atom. The fraction of sp³-hybridized carbons (Fsp3) is 0.364. The van der Waals surface area contributed by atoms with Crippen LogP contribution in [-0.4, -0.2) is 30.0 Å². The highest BCUT2D eigenvalue weighted by atomic mass is 16.5. The Morgan fingerprint density at radius 2 is 1.64 bits per heavy atom. The van der Waals surface area contributed by atoms with Crippen molar-refractivity contribution in [2.24, 2.45) is 0 Å². The molecule has 2 rings (SSSR count). The Hall–Kier alpha value is -3.02. The van der Waals surface area contributed by atoms with Crippen molar-refractivity contribution in [3.8, 4) is 5.75 Å². The number of para-hydroxylation sites is 2. The number of hydrogen-bond donors (Lipinski definition) is 3. The third-order valence-corrected chi connectivity index (χ3v) is 3.61. The monoisotopic (exact) mass is 383 g/mol. The second-order valence-corrected chi connectivity index (χ2v) is 7.85. The summed E-state index contributed by atoms with van der Waals surface area (Å²) in [6, 6.07) is 14.4. The Bertz CT molecular complexity index is 809. The fourth-order valence-corrected chi connectivity index (χ4v) is 2.46. The third kappa shape index (κ3) is 6.95. The van der Waals surface area contributed by atoms with Crippen molar-refractivity contribution in [2.75, 3.05) is 17.2 Å². The van der Waals surface area contributed by atoms with E-state index in [1.54, 1.807) is 30.3 Å². The number of carbonyl (C=O) groups excluding carboxylic acids is 2. The molecule has 0 saturated carbocycles. The van der Waals surface area contributed by atoms with E-state index in [4.69, 9.17) is 4.74 Å². The molecule has 150 valence electrons. The SMILES string of the molecule is CC(C)Oc1ccccc1NC(=O)CNc1ccc(C(=O)NC(C)(C)C)cc1. The molecule has 0 unspecified atom stereocenters. The zero-order valence-electron chi connectivity index (χ0n) is 17.1. The van der Waals surface area contributed by atoms with Crippen LogP contribution in [0.15, 0.2) is 48.5 Å². The maximum absolute atomic E-state index is 12.3. The van der Waals surface area contributed by atoms with E-state index < -0.39 is 0 Å². The quantitative estimate of drug-likeness (QED) is 0.674. The van der Waals surface area contributed by atoms with Gasteiger partial charge in [-0.25, -0.2) is 0 Å². The number of benzene rings is 2. The predicted molar refractivity (Wildman–Crippen MR) is 113 cm³/mol. The lowest BCUT2D eigenvalue weighted by atomic mass is 10.1. The topological polar surface area (TPSA) is 79.5 Å². The van der Waals surface area contributed by atoms with Crippen LogP contribution in [0, 0.1) is 0 Å². The molecule has 0 aromatic heterocycles. The normalized spacial score (nSPS) is 11.1. The van der Waals surface area contributed by atoms with E-state index in [0.29, 0.717) is 17.0 Å². The maximum atomic E-state index is 12.3. The summed E-state index contributed by atoms with van der Waals surface area (Å²) in [6.07, 6.45) is 0.0187. The Kier molecular flexibility index (Phi) is 7.04. The van der Waals surface area contributed by atoms with Gasteiger partial charge in [-0.3, -0.25) is 9.59 Å². The van der Waals surface area contributed by atoms with Crippen molar-refractivity contribution in [1.29, 1.82) is 0 Å². The first kappa shape index (κ1) is 21.3. The van der Waals surface area contributed by atoms with Crippen LogP contribution in [0.5, 0.6) is 5.75 Å². The van der Waals surface area contributed by atoms with Crippen molar-refractivity contribution >= 4 is 23.2 Å². The van der Waals surface area contributed by atoms with Gasteiger partial charge in [0.05, 0.1) is 18.3 Å². The highest BCUT2D eigenvalue weighted by molar-refractivity contribution is 5.96. The van der Waals surface area contributed by atoms with Crippen LogP contribution in [0.3, 0.4) is 0 Å². The van der Waals surface area contributed by atoms with E-state index in [9.17, 15) is 9.59 Å². The van der Waals surface area contributed by atoms with Gasteiger partial charge >= 0.3 is 0 Å². The first-order valence-electron chi connectivity index (χ1n) is 9.36. The standard InChI is InChI=1S/C22H29N3O3/c1-15(2)28-19-9-7-6-8-18(19)24-20(26)14-23-17-12-10-16(11-13-17)21(27)25-22(3,4)5/h6-13,15,23H,14H2,1-5H3,(H,24,26)(H,25,27). The molecule has 28 heavy (non-hydrogen) atoms. The van der Waals surface area contributed by atoms with Crippen molar-refractivity contribution < 1.29 is 14.3 Å². The highest BCUT2D eigenvalue weighted by Gasteiger charge is 2.15. The summed E-state index contributed by atoms with van der Waals surface area (Å²) in [5.74, 6) is 0.327. The lowest BCUT2D eigenvalue weighted by molar-refractivity contribution is -0.114. The van der Waals surface area contributed by atoms with E-state index in [0.717, 1.165) is 5.69 Å². The van der Waals surface area contributed by atoms with Crippen molar-refractivity contribution in [1.82, 2.24) is 5.32 Å². The number of carbonyl (C=O) groups is 2. The summed E-state index contributed by atoms with van der Waals surface area (Å²) in [7, 11) is 0. The van der Waals surface area contributed by atoms with Crippen LogP contribution in [0.4, 0.5) is 11.4 Å². The van der Waals surface area contributed by atoms with E-state index >= 15 is 0 Å². The molecule has 2 amide bonds. The van der Waals surface area contributed by atoms with Gasteiger partial charge in [-0.05, 0) is 71.0 Å². The molecule has 2 aromatic rings. The lowest BCUT2D eigenvalue weighted by Gasteiger charge is -2.20. The number of anilines is 2. The highest BCUT2D eigenvalue weighted by Crippen LogP contribution is 2.24. The largest absolute Gasteiger partial charge is 0.489 e. The van der Waals surface area contributed by atoms with Gasteiger partial charge in [0, 0.05) is 16.8 Å². The molecule has 0 aliphatic rings. The average Bonchev–Trinajstić information content (AvgIpc) is 2.60. The predicted octanol–water partition coefficient (Wildman–Crippen LogP) is 4.05. The smallest absolute Gasteiger partial charge is 0.251 e. The van der Waals surface area contributed by atoms with E-state index in [-0.39, 0.29) is 30.0 Å². The first-order valence-corrected chi connectivity index (χ1v) is 9.36. The van der Waals surface area contributed by atoms with Gasteiger partial charge < -0.3 is 20.7 Å². The van der Waals surface area contributed by atoms with Gasteiger partial charge in [-0.15, -0.1) is 0 Å². The van der Waals surface area contributed by atoms with Gasteiger partial charge in [0.15, 0.2) is 0 Å². The Balaban J connectivity index is 1.91. The minimum Gasteiger partial charge on any atom is -0.489 e. The Labute approximate surface area is 166 Å². The second-order valence-electron chi connectivity index (χ2n) is 7.85. The summed E-state index contributed by atoms with van der Waals surface area (Å²) >= 11 is 0. The van der Waals surface area contributed by atoms with Crippen LogP contribution in [0.1, 0.15) is 45.0 Å². The minimum absolute atomic E-state index is 0.0187. The van der Waals surface area contributed by atoms with Crippen LogP contribution in [0.2, 0.25) is 0 Å². The fourth-order valence-electron chi connectivity index (χ4n) is 2.46. The molecule has 0 spiro atoms. The molecule has 0 heterocycles. The number of amides is 2. The van der Waals surface area contributed by atoms with Crippen molar-refractivity contribution in [3.05, 3.63) is 54.1 Å². The molecule has 0 saturated heterocycles. The molecule has 0 bridgehead atoms. The van der Waals surface area contributed by atoms with E-state index in [1.165, 1.54) is 0 Å². The van der Waals surface area contributed by atoms with Crippen LogP contribution in [0.25, 0.3) is 0 Å². The molecule has 6 nitrogen and oxygen atoms in total. The molecule has 3 N–H and O–H groups in total. The third-order valence-electron chi connectivity index (χ3n) is 3.61. The number of nitrogens with one attached hydrogen (secondary N) is 3. The summed E-state index contributed by atoms with van der Waals surface area (Å²) in [4.78, 5) is 24.4. The Morgan fingerprint density at radius 1 is 1.00 bits per heavy atom. The first-order chi connectivity index (χ1) is 13.1. The summed E-state index contributed by atoms with van der Waals surface area (Å²) < 4.78 is 5.71. The molecule has 0 aliphatic heterocycles. The number of hydrogen-bond acceptors (Lipinski definition) is 4. The van der Waals surface area contributed by atoms with Crippen LogP contribution in [-0.2, 0) is 4.79 Å². The number of rotatable bonds is 7.